The highest BCUT2D eigenvalue weighted by molar-refractivity contribution is 7.99. The van der Waals surface area contributed by atoms with Crippen LogP contribution in [-0.2, 0) is 4.79 Å². The molecule has 4 aromatic rings. The molecule has 0 radical (unpaired) electrons. The van der Waals surface area contributed by atoms with E-state index in [9.17, 15) is 4.79 Å². The van der Waals surface area contributed by atoms with Crippen LogP contribution in [0.25, 0.3) is 16.9 Å². The van der Waals surface area contributed by atoms with E-state index in [-0.39, 0.29) is 11.7 Å². The molecule has 1 amide bonds. The lowest BCUT2D eigenvalue weighted by Gasteiger charge is -2.13. The summed E-state index contributed by atoms with van der Waals surface area (Å²) in [4.78, 5) is 17.1. The van der Waals surface area contributed by atoms with Gasteiger partial charge in [0.05, 0.1) is 24.8 Å². The minimum Gasteiger partial charge on any atom is -0.497 e. The topological polar surface area (TPSA) is 56.1 Å². The van der Waals surface area contributed by atoms with Crippen LogP contribution in [0.4, 0.5) is 5.69 Å². The summed E-state index contributed by atoms with van der Waals surface area (Å²) in [5.74, 6) is 0.890. The van der Waals surface area contributed by atoms with Gasteiger partial charge in [-0.15, -0.1) is 0 Å². The molecule has 0 aliphatic rings. The number of anilines is 1. The monoisotopic (exact) mass is 463 g/mol. The average Bonchev–Trinajstić information content (AvgIpc) is 3.22. The number of ether oxygens (including phenoxy) is 1. The van der Waals surface area contributed by atoms with Crippen LogP contribution in [0.1, 0.15) is 5.56 Å². The number of aromatic nitrogens is 2. The summed E-state index contributed by atoms with van der Waals surface area (Å²) >= 11 is 7.39. The largest absolute Gasteiger partial charge is 0.497 e. The Bertz CT molecular complexity index is 1220. The number of aryl methyl sites for hydroxylation is 1. The van der Waals surface area contributed by atoms with Crippen molar-refractivity contribution in [2.45, 2.75) is 12.1 Å². The molecule has 0 aliphatic carbocycles. The summed E-state index contributed by atoms with van der Waals surface area (Å²) in [6.07, 6.45) is 1.83. The third-order valence-electron chi connectivity index (χ3n) is 4.85. The van der Waals surface area contributed by atoms with Crippen molar-refractivity contribution in [3.63, 3.8) is 0 Å². The molecule has 0 atom stereocenters. The number of halogens is 1. The number of rotatable bonds is 7. The van der Waals surface area contributed by atoms with Crippen LogP contribution in [0.5, 0.6) is 5.75 Å². The smallest absolute Gasteiger partial charge is 0.234 e. The van der Waals surface area contributed by atoms with Crippen molar-refractivity contribution in [2.24, 2.45) is 0 Å². The van der Waals surface area contributed by atoms with E-state index in [2.05, 4.69) is 46.1 Å². The molecule has 32 heavy (non-hydrogen) atoms. The van der Waals surface area contributed by atoms with E-state index >= 15 is 0 Å². The molecule has 0 bridgehead atoms. The number of amides is 1. The molecule has 0 spiro atoms. The molecule has 1 N–H and O–H groups in total. The van der Waals surface area contributed by atoms with Crippen molar-refractivity contribution in [1.82, 2.24) is 9.55 Å². The molecule has 0 unspecified atom stereocenters. The van der Waals surface area contributed by atoms with Crippen molar-refractivity contribution in [2.75, 3.05) is 18.2 Å². The second-order valence-corrected chi connectivity index (χ2v) is 8.55. The van der Waals surface area contributed by atoms with Gasteiger partial charge >= 0.3 is 0 Å². The molecule has 3 aromatic carbocycles. The van der Waals surface area contributed by atoms with Crippen LogP contribution in [0.2, 0.25) is 5.02 Å². The van der Waals surface area contributed by atoms with Crippen molar-refractivity contribution >= 4 is 35.0 Å². The Morgan fingerprint density at radius 3 is 2.53 bits per heavy atom. The molecule has 1 heterocycles. The van der Waals surface area contributed by atoms with Gasteiger partial charge in [0.1, 0.15) is 5.75 Å². The summed E-state index contributed by atoms with van der Waals surface area (Å²) in [6, 6.07) is 23.2. The molecule has 1 aromatic heterocycles. The number of carbonyl (C=O) groups is 1. The molecule has 4 rings (SSSR count). The molecule has 0 aliphatic heterocycles. The van der Waals surface area contributed by atoms with Gasteiger partial charge in [0, 0.05) is 22.0 Å². The number of carbonyl (C=O) groups excluding carboxylic acids is 1. The van der Waals surface area contributed by atoms with Gasteiger partial charge in [-0.3, -0.25) is 9.36 Å². The van der Waals surface area contributed by atoms with Crippen molar-refractivity contribution in [3.8, 4) is 22.7 Å². The van der Waals surface area contributed by atoms with Gasteiger partial charge in [-0.2, -0.15) is 0 Å². The van der Waals surface area contributed by atoms with Gasteiger partial charge in [0.2, 0.25) is 5.91 Å². The molecule has 0 saturated carbocycles. The van der Waals surface area contributed by atoms with E-state index in [1.807, 2.05) is 36.5 Å². The Morgan fingerprint density at radius 1 is 1.09 bits per heavy atom. The predicted octanol–water partition coefficient (Wildman–Crippen LogP) is 6.24. The Balaban J connectivity index is 1.60. The Kier molecular flexibility index (Phi) is 6.83. The normalized spacial score (nSPS) is 10.7. The fourth-order valence-corrected chi connectivity index (χ4v) is 4.22. The van der Waals surface area contributed by atoms with E-state index in [1.54, 1.807) is 25.3 Å². The number of hydrogen-bond acceptors (Lipinski definition) is 4. The minimum absolute atomic E-state index is 0.123. The van der Waals surface area contributed by atoms with Crippen LogP contribution in [0, 0.1) is 6.92 Å². The Hall–Kier alpha value is -3.22. The number of nitrogens with one attached hydrogen (secondary N) is 1. The van der Waals surface area contributed by atoms with Crippen LogP contribution < -0.4 is 10.1 Å². The highest BCUT2D eigenvalue weighted by Crippen LogP contribution is 2.31. The standard InChI is InChI=1S/C25H22ClN3O2S/c1-17-6-10-21(11-7-17)29-23(18-8-12-22(31-2)13-9-18)15-27-25(29)32-16-24(30)28-20-5-3-4-19(26)14-20/h3-15H,16H2,1-2H3,(H,28,30). The third-order valence-corrected chi connectivity index (χ3v) is 6.04. The van der Waals surface area contributed by atoms with Crippen LogP contribution >= 0.6 is 23.4 Å². The molecular weight excluding hydrogens is 442 g/mol. The maximum absolute atomic E-state index is 12.5. The molecule has 162 valence electrons. The Labute approximate surface area is 196 Å². The number of nitrogens with zero attached hydrogens (tertiary/aromatic N) is 2. The van der Waals surface area contributed by atoms with E-state index in [0.29, 0.717) is 10.7 Å². The number of hydrogen-bond donors (Lipinski definition) is 1. The molecule has 5 nitrogen and oxygen atoms in total. The lowest BCUT2D eigenvalue weighted by atomic mass is 10.1. The maximum atomic E-state index is 12.5. The zero-order chi connectivity index (χ0) is 22.5. The molecule has 7 heteroatoms. The van der Waals surface area contributed by atoms with E-state index in [0.717, 1.165) is 27.9 Å². The number of benzene rings is 3. The average molecular weight is 464 g/mol. The van der Waals surface area contributed by atoms with Gasteiger partial charge in [-0.1, -0.05) is 47.1 Å². The SMILES string of the molecule is COc1ccc(-c2cnc(SCC(=O)Nc3cccc(Cl)c3)n2-c2ccc(C)cc2)cc1. The fraction of sp³-hybridized carbons (Fsp3) is 0.120. The summed E-state index contributed by atoms with van der Waals surface area (Å²) in [7, 11) is 1.65. The Morgan fingerprint density at radius 2 is 1.84 bits per heavy atom. The van der Waals surface area contributed by atoms with Crippen molar-refractivity contribution < 1.29 is 9.53 Å². The zero-order valence-corrected chi connectivity index (χ0v) is 19.3. The van der Waals surface area contributed by atoms with Crippen LogP contribution in [-0.4, -0.2) is 28.3 Å². The van der Waals surface area contributed by atoms with Gasteiger partial charge in [0.25, 0.3) is 0 Å². The molecular formula is C25H22ClN3O2S. The van der Waals surface area contributed by atoms with Gasteiger partial charge < -0.3 is 10.1 Å². The summed E-state index contributed by atoms with van der Waals surface area (Å²) in [5, 5.41) is 4.19. The lowest BCUT2D eigenvalue weighted by Crippen LogP contribution is -2.14. The first-order valence-corrected chi connectivity index (χ1v) is 11.4. The maximum Gasteiger partial charge on any atom is 0.234 e. The first-order chi connectivity index (χ1) is 15.5. The fourth-order valence-electron chi connectivity index (χ4n) is 3.24. The van der Waals surface area contributed by atoms with E-state index in [1.165, 1.54) is 17.3 Å². The van der Waals surface area contributed by atoms with Gasteiger partial charge in [-0.05, 0) is 61.5 Å². The first kappa shape index (κ1) is 22.0. The van der Waals surface area contributed by atoms with Crippen molar-refractivity contribution in [1.29, 1.82) is 0 Å². The number of imidazole rings is 1. The summed E-state index contributed by atoms with van der Waals surface area (Å²) in [5.41, 5.74) is 4.78. The number of methoxy groups -OCH3 is 1. The lowest BCUT2D eigenvalue weighted by molar-refractivity contribution is -0.113. The minimum atomic E-state index is -0.123. The zero-order valence-electron chi connectivity index (χ0n) is 17.7. The third kappa shape index (κ3) is 5.15. The summed E-state index contributed by atoms with van der Waals surface area (Å²) in [6.45, 7) is 2.05. The second-order valence-electron chi connectivity index (χ2n) is 7.17. The highest BCUT2D eigenvalue weighted by atomic mass is 35.5. The quantitative estimate of drug-likeness (QED) is 0.329. The van der Waals surface area contributed by atoms with Crippen LogP contribution in [0.15, 0.2) is 84.1 Å². The second kappa shape index (κ2) is 9.94. The van der Waals surface area contributed by atoms with Gasteiger partial charge in [-0.25, -0.2) is 4.98 Å². The first-order valence-electron chi connectivity index (χ1n) is 10.0. The molecule has 0 saturated heterocycles. The van der Waals surface area contributed by atoms with Crippen LogP contribution in [0.3, 0.4) is 0 Å². The van der Waals surface area contributed by atoms with Crippen molar-refractivity contribution in [3.05, 3.63) is 89.6 Å². The van der Waals surface area contributed by atoms with E-state index in [4.69, 9.17) is 16.3 Å². The number of thioether (sulfide) groups is 1. The summed E-state index contributed by atoms with van der Waals surface area (Å²) < 4.78 is 7.35. The van der Waals surface area contributed by atoms with E-state index < -0.39 is 0 Å². The highest BCUT2D eigenvalue weighted by Gasteiger charge is 2.16. The predicted molar refractivity (Wildman–Crippen MR) is 131 cm³/mol. The molecule has 0 fully saturated rings. The van der Waals surface area contributed by atoms with Gasteiger partial charge in [0.15, 0.2) is 5.16 Å².